The van der Waals surface area contributed by atoms with Crippen molar-refractivity contribution in [2.45, 2.75) is 70.6 Å². The van der Waals surface area contributed by atoms with Crippen molar-refractivity contribution in [2.75, 3.05) is 13.2 Å². The van der Waals surface area contributed by atoms with Crippen LogP contribution in [0.15, 0.2) is 0 Å². The summed E-state index contributed by atoms with van der Waals surface area (Å²) in [6, 6.07) is 0. The van der Waals surface area contributed by atoms with Crippen LogP contribution in [-0.4, -0.2) is 24.3 Å². The predicted octanol–water partition coefficient (Wildman–Crippen LogP) is 4.01. The van der Waals surface area contributed by atoms with Crippen LogP contribution < -0.4 is 0 Å². The fourth-order valence-electron chi connectivity index (χ4n) is 2.73. The van der Waals surface area contributed by atoms with Crippen LogP contribution in [0.2, 0.25) is 0 Å². The van der Waals surface area contributed by atoms with Gasteiger partial charge in [-0.1, -0.05) is 57.8 Å². The first-order chi connectivity index (χ1) is 8.79. The minimum absolute atomic E-state index is 0.142. The third-order valence-electron chi connectivity index (χ3n) is 3.80. The van der Waals surface area contributed by atoms with Gasteiger partial charge in [0, 0.05) is 0 Å². The van der Waals surface area contributed by atoms with Gasteiger partial charge in [0.15, 0.2) is 0 Å². The lowest BCUT2D eigenvalue weighted by atomic mass is 9.93. The fourth-order valence-corrected chi connectivity index (χ4v) is 2.73. The second-order valence-electron chi connectivity index (χ2n) is 5.53. The number of carboxylic acids is 1. The summed E-state index contributed by atoms with van der Waals surface area (Å²) >= 11 is 0. The van der Waals surface area contributed by atoms with Gasteiger partial charge in [0.05, 0.1) is 6.61 Å². The summed E-state index contributed by atoms with van der Waals surface area (Å²) < 4.78 is 5.26. The lowest BCUT2D eigenvalue weighted by molar-refractivity contribution is -0.142. The van der Waals surface area contributed by atoms with E-state index in [2.05, 4.69) is 0 Å². The van der Waals surface area contributed by atoms with Gasteiger partial charge in [0.25, 0.3) is 0 Å². The Morgan fingerprint density at radius 3 is 1.78 bits per heavy atom. The van der Waals surface area contributed by atoms with Gasteiger partial charge < -0.3 is 9.84 Å². The van der Waals surface area contributed by atoms with E-state index >= 15 is 0 Å². The second kappa shape index (κ2) is 10.4. The standard InChI is InChI=1S/C15H28O3/c16-15(17)13-18-12-14-10-8-6-4-2-1-3-5-7-9-11-14/h14H,1-13H2,(H,16,17). The van der Waals surface area contributed by atoms with E-state index in [-0.39, 0.29) is 6.61 Å². The van der Waals surface area contributed by atoms with Crippen molar-refractivity contribution in [3.63, 3.8) is 0 Å². The van der Waals surface area contributed by atoms with Gasteiger partial charge in [-0.25, -0.2) is 4.79 Å². The molecule has 1 aliphatic rings. The van der Waals surface area contributed by atoms with Crippen molar-refractivity contribution >= 4 is 5.97 Å². The Bertz CT molecular complexity index is 204. The maximum absolute atomic E-state index is 10.4. The molecule has 0 radical (unpaired) electrons. The number of aliphatic carboxylic acids is 1. The Morgan fingerprint density at radius 2 is 1.33 bits per heavy atom. The summed E-state index contributed by atoms with van der Waals surface area (Å²) in [5.74, 6) is -0.285. The van der Waals surface area contributed by atoms with Gasteiger partial charge in [-0.2, -0.15) is 0 Å². The zero-order chi connectivity index (χ0) is 13.1. The van der Waals surface area contributed by atoms with Crippen LogP contribution in [0.25, 0.3) is 0 Å². The van der Waals surface area contributed by atoms with E-state index < -0.39 is 5.97 Å². The molecule has 0 aromatic heterocycles. The third-order valence-corrected chi connectivity index (χ3v) is 3.80. The molecular weight excluding hydrogens is 228 g/mol. The molecular formula is C15H28O3. The Balaban J connectivity index is 2.20. The molecule has 0 spiro atoms. The summed E-state index contributed by atoms with van der Waals surface area (Å²) in [5, 5.41) is 8.57. The van der Waals surface area contributed by atoms with E-state index in [0.29, 0.717) is 12.5 Å². The number of carboxylic acid groups (broad SMARTS) is 1. The van der Waals surface area contributed by atoms with Gasteiger partial charge in [-0.3, -0.25) is 0 Å². The molecule has 106 valence electrons. The molecule has 0 heterocycles. The van der Waals surface area contributed by atoms with Crippen LogP contribution in [0, 0.1) is 5.92 Å². The molecule has 0 aromatic carbocycles. The highest BCUT2D eigenvalue weighted by Gasteiger charge is 2.10. The van der Waals surface area contributed by atoms with E-state index in [9.17, 15) is 4.79 Å². The Kier molecular flexibility index (Phi) is 8.92. The van der Waals surface area contributed by atoms with Crippen molar-refractivity contribution < 1.29 is 14.6 Å². The number of ether oxygens (including phenoxy) is 1. The summed E-state index contributed by atoms with van der Waals surface area (Å²) in [4.78, 5) is 10.4. The largest absolute Gasteiger partial charge is 0.480 e. The molecule has 1 saturated carbocycles. The van der Waals surface area contributed by atoms with Gasteiger partial charge >= 0.3 is 5.97 Å². The lowest BCUT2D eigenvalue weighted by Crippen LogP contribution is -2.15. The van der Waals surface area contributed by atoms with Crippen LogP contribution in [0.1, 0.15) is 70.6 Å². The first kappa shape index (κ1) is 15.5. The summed E-state index contributed by atoms with van der Waals surface area (Å²) in [6.45, 7) is 0.489. The molecule has 0 aliphatic heterocycles. The number of carbonyl (C=O) groups is 1. The van der Waals surface area contributed by atoms with Crippen LogP contribution in [0.5, 0.6) is 0 Å². The molecule has 3 nitrogen and oxygen atoms in total. The smallest absolute Gasteiger partial charge is 0.329 e. The van der Waals surface area contributed by atoms with Crippen molar-refractivity contribution in [1.82, 2.24) is 0 Å². The molecule has 18 heavy (non-hydrogen) atoms. The molecule has 0 bridgehead atoms. The average molecular weight is 256 g/mol. The monoisotopic (exact) mass is 256 g/mol. The quantitative estimate of drug-likeness (QED) is 0.826. The number of hydrogen-bond acceptors (Lipinski definition) is 2. The SMILES string of the molecule is O=C(O)COCC1CCCCCCCCCCC1. The Labute approximate surface area is 111 Å². The molecule has 0 saturated heterocycles. The molecule has 0 unspecified atom stereocenters. The number of rotatable bonds is 4. The normalized spacial score (nSPS) is 20.9. The van der Waals surface area contributed by atoms with Gasteiger partial charge in [0.1, 0.15) is 6.61 Å². The van der Waals surface area contributed by atoms with Crippen LogP contribution in [0.3, 0.4) is 0 Å². The molecule has 0 aromatic rings. The molecule has 0 amide bonds. The van der Waals surface area contributed by atoms with Crippen LogP contribution in [-0.2, 0) is 9.53 Å². The molecule has 1 N–H and O–H groups in total. The van der Waals surface area contributed by atoms with Gasteiger partial charge in [0.2, 0.25) is 0 Å². The minimum atomic E-state index is -0.858. The van der Waals surface area contributed by atoms with E-state index in [1.54, 1.807) is 0 Å². The molecule has 1 aliphatic carbocycles. The molecule has 1 rings (SSSR count). The molecule has 0 atom stereocenters. The Hall–Kier alpha value is -0.570. The topological polar surface area (TPSA) is 46.5 Å². The molecule has 1 fully saturated rings. The maximum atomic E-state index is 10.4. The summed E-state index contributed by atoms with van der Waals surface area (Å²) in [6.07, 6.45) is 14.5. The van der Waals surface area contributed by atoms with E-state index in [1.807, 2.05) is 0 Å². The van der Waals surface area contributed by atoms with E-state index in [4.69, 9.17) is 9.84 Å². The summed E-state index contributed by atoms with van der Waals surface area (Å²) in [7, 11) is 0. The van der Waals surface area contributed by atoms with Crippen molar-refractivity contribution in [3.8, 4) is 0 Å². The summed E-state index contributed by atoms with van der Waals surface area (Å²) in [5.41, 5.74) is 0. The minimum Gasteiger partial charge on any atom is -0.480 e. The van der Waals surface area contributed by atoms with E-state index in [1.165, 1.54) is 70.6 Å². The highest BCUT2D eigenvalue weighted by atomic mass is 16.5. The zero-order valence-corrected chi connectivity index (χ0v) is 11.5. The number of hydrogen-bond donors (Lipinski definition) is 1. The van der Waals surface area contributed by atoms with Crippen molar-refractivity contribution in [3.05, 3.63) is 0 Å². The van der Waals surface area contributed by atoms with Crippen LogP contribution in [0.4, 0.5) is 0 Å². The van der Waals surface area contributed by atoms with Crippen LogP contribution >= 0.6 is 0 Å². The third kappa shape index (κ3) is 8.51. The first-order valence-electron chi connectivity index (χ1n) is 7.58. The maximum Gasteiger partial charge on any atom is 0.329 e. The molecule has 3 heteroatoms. The lowest BCUT2D eigenvalue weighted by Gasteiger charge is -2.17. The predicted molar refractivity (Wildman–Crippen MR) is 72.7 cm³/mol. The van der Waals surface area contributed by atoms with Gasteiger partial charge in [-0.05, 0) is 18.8 Å². The fraction of sp³-hybridized carbons (Fsp3) is 0.933. The van der Waals surface area contributed by atoms with Crippen molar-refractivity contribution in [2.24, 2.45) is 5.92 Å². The van der Waals surface area contributed by atoms with Crippen molar-refractivity contribution in [1.29, 1.82) is 0 Å². The highest BCUT2D eigenvalue weighted by Crippen LogP contribution is 2.21. The Morgan fingerprint density at radius 1 is 0.889 bits per heavy atom. The highest BCUT2D eigenvalue weighted by molar-refractivity contribution is 5.67. The van der Waals surface area contributed by atoms with E-state index in [0.717, 1.165) is 0 Å². The zero-order valence-electron chi connectivity index (χ0n) is 11.5. The average Bonchev–Trinajstić information content (AvgIpc) is 2.31. The first-order valence-corrected chi connectivity index (χ1v) is 7.58. The van der Waals surface area contributed by atoms with Gasteiger partial charge in [-0.15, -0.1) is 0 Å². The second-order valence-corrected chi connectivity index (χ2v) is 5.53.